The first-order valence-corrected chi connectivity index (χ1v) is 7.57. The van der Waals surface area contributed by atoms with Crippen molar-refractivity contribution in [1.82, 2.24) is 9.29 Å². The van der Waals surface area contributed by atoms with Crippen molar-refractivity contribution in [2.45, 2.75) is 43.9 Å². The molecule has 1 N–H and O–H groups in total. The lowest BCUT2D eigenvalue weighted by Gasteiger charge is -2.31. The number of sulfonamides is 1. The number of aliphatic hydroxyl groups excluding tert-OH is 1. The molecule has 1 aliphatic rings. The Balaban J connectivity index is 2.28. The lowest BCUT2D eigenvalue weighted by molar-refractivity contribution is 0.267. The molecule has 18 heavy (non-hydrogen) atoms. The molecule has 0 bridgehead atoms. The molecule has 1 unspecified atom stereocenters. The Morgan fingerprint density at radius 3 is 2.78 bits per heavy atom. The second-order valence-electron chi connectivity index (χ2n) is 4.62. The third kappa shape index (κ3) is 2.55. The van der Waals surface area contributed by atoms with Gasteiger partial charge < -0.3 is 5.11 Å². The van der Waals surface area contributed by atoms with Crippen molar-refractivity contribution in [1.29, 1.82) is 0 Å². The van der Waals surface area contributed by atoms with Gasteiger partial charge in [0, 0.05) is 18.8 Å². The molecule has 100 valence electrons. The molecule has 0 radical (unpaired) electrons. The molecule has 1 aromatic rings. The van der Waals surface area contributed by atoms with Crippen molar-refractivity contribution in [3.8, 4) is 0 Å². The van der Waals surface area contributed by atoms with Crippen LogP contribution in [-0.2, 0) is 16.6 Å². The van der Waals surface area contributed by atoms with Gasteiger partial charge in [-0.15, -0.1) is 0 Å². The van der Waals surface area contributed by atoms with Gasteiger partial charge in [0.05, 0.1) is 6.61 Å². The van der Waals surface area contributed by atoms with E-state index in [0.717, 1.165) is 19.3 Å². The van der Waals surface area contributed by atoms with E-state index in [0.29, 0.717) is 12.1 Å². The van der Waals surface area contributed by atoms with Crippen LogP contribution < -0.4 is 0 Å². The van der Waals surface area contributed by atoms with Crippen LogP contribution in [0.5, 0.6) is 0 Å². The third-order valence-electron chi connectivity index (χ3n) is 3.30. The molecular weight excluding hydrogens is 252 g/mol. The molecule has 5 nitrogen and oxygen atoms in total. The number of nitrogens with zero attached hydrogens (tertiary/aromatic N) is 2. The average Bonchev–Trinajstić information content (AvgIpc) is 2.39. The molecule has 2 heterocycles. The van der Waals surface area contributed by atoms with Crippen molar-refractivity contribution in [2.75, 3.05) is 6.54 Å². The zero-order chi connectivity index (χ0) is 13.2. The Morgan fingerprint density at radius 2 is 2.22 bits per heavy atom. The molecule has 0 amide bonds. The number of rotatable bonds is 3. The Hall–Kier alpha value is -0.980. The number of pyridine rings is 1. The summed E-state index contributed by atoms with van der Waals surface area (Å²) < 4.78 is 26.3. The van der Waals surface area contributed by atoms with Gasteiger partial charge in [-0.25, -0.2) is 13.4 Å². The largest absolute Gasteiger partial charge is 0.392 e. The highest BCUT2D eigenvalue weighted by Crippen LogP contribution is 2.23. The lowest BCUT2D eigenvalue weighted by Crippen LogP contribution is -2.42. The van der Waals surface area contributed by atoms with E-state index in [1.807, 2.05) is 6.92 Å². The van der Waals surface area contributed by atoms with Crippen LogP contribution >= 0.6 is 0 Å². The Kier molecular flexibility index (Phi) is 3.99. The predicted molar refractivity (Wildman–Crippen MR) is 67.4 cm³/mol. The second kappa shape index (κ2) is 5.34. The molecule has 0 aromatic carbocycles. The molecule has 1 fully saturated rings. The van der Waals surface area contributed by atoms with Gasteiger partial charge in [-0.05, 0) is 31.4 Å². The summed E-state index contributed by atoms with van der Waals surface area (Å²) in [6.07, 6.45) is 4.28. The topological polar surface area (TPSA) is 70.5 Å². The third-order valence-corrected chi connectivity index (χ3v) is 5.23. The number of aliphatic hydroxyl groups is 1. The molecule has 1 aromatic heterocycles. The summed E-state index contributed by atoms with van der Waals surface area (Å²) in [6, 6.07) is 3.08. The van der Waals surface area contributed by atoms with E-state index < -0.39 is 10.0 Å². The van der Waals surface area contributed by atoms with Crippen LogP contribution in [0.15, 0.2) is 23.4 Å². The van der Waals surface area contributed by atoms with E-state index in [-0.39, 0.29) is 17.7 Å². The Morgan fingerprint density at radius 1 is 1.44 bits per heavy atom. The highest BCUT2D eigenvalue weighted by Gasteiger charge is 2.31. The Labute approximate surface area is 108 Å². The van der Waals surface area contributed by atoms with E-state index in [4.69, 9.17) is 5.11 Å². The van der Waals surface area contributed by atoms with Crippen molar-refractivity contribution < 1.29 is 13.5 Å². The number of piperidine rings is 1. The lowest BCUT2D eigenvalue weighted by atomic mass is 10.1. The number of aromatic nitrogens is 1. The normalized spacial score (nSPS) is 22.0. The average molecular weight is 270 g/mol. The zero-order valence-electron chi connectivity index (χ0n) is 10.4. The summed E-state index contributed by atoms with van der Waals surface area (Å²) in [6.45, 7) is 2.36. The van der Waals surface area contributed by atoms with Crippen molar-refractivity contribution >= 4 is 10.0 Å². The minimum atomic E-state index is -3.50. The highest BCUT2D eigenvalue weighted by atomic mass is 32.2. The van der Waals surface area contributed by atoms with Crippen LogP contribution in [-0.4, -0.2) is 35.4 Å². The maximum absolute atomic E-state index is 12.4. The van der Waals surface area contributed by atoms with Crippen molar-refractivity contribution in [3.63, 3.8) is 0 Å². The first-order valence-electron chi connectivity index (χ1n) is 6.13. The standard InChI is InChI=1S/C12H18N2O3S/c1-10-4-2-3-7-14(10)18(16,17)12-6-5-11(9-15)8-13-12/h5-6,8,10,15H,2-4,7,9H2,1H3. The van der Waals surface area contributed by atoms with E-state index >= 15 is 0 Å². The van der Waals surface area contributed by atoms with Gasteiger partial charge in [0.1, 0.15) is 0 Å². The molecular formula is C12H18N2O3S. The molecule has 1 saturated heterocycles. The van der Waals surface area contributed by atoms with Gasteiger partial charge in [0.15, 0.2) is 5.03 Å². The quantitative estimate of drug-likeness (QED) is 0.894. The Bertz CT molecular complexity index is 499. The van der Waals surface area contributed by atoms with Crippen LogP contribution in [0.2, 0.25) is 0 Å². The smallest absolute Gasteiger partial charge is 0.260 e. The predicted octanol–water partition coefficient (Wildman–Crippen LogP) is 1.14. The maximum Gasteiger partial charge on any atom is 0.260 e. The fourth-order valence-corrected chi connectivity index (χ4v) is 3.82. The van der Waals surface area contributed by atoms with Gasteiger partial charge in [-0.2, -0.15) is 4.31 Å². The fourth-order valence-electron chi connectivity index (χ4n) is 2.21. The first-order chi connectivity index (χ1) is 8.55. The summed E-state index contributed by atoms with van der Waals surface area (Å²) in [7, 11) is -3.50. The summed E-state index contributed by atoms with van der Waals surface area (Å²) in [5.41, 5.74) is 0.612. The zero-order valence-corrected chi connectivity index (χ0v) is 11.2. The maximum atomic E-state index is 12.4. The first kappa shape index (κ1) is 13.5. The molecule has 0 aliphatic carbocycles. The molecule has 6 heteroatoms. The van der Waals surface area contributed by atoms with Gasteiger partial charge in [0.2, 0.25) is 0 Å². The monoisotopic (exact) mass is 270 g/mol. The number of hydrogen-bond acceptors (Lipinski definition) is 4. The molecule has 1 aliphatic heterocycles. The molecule has 0 saturated carbocycles. The molecule has 0 spiro atoms. The van der Waals surface area contributed by atoms with E-state index in [1.54, 1.807) is 6.07 Å². The van der Waals surface area contributed by atoms with Crippen molar-refractivity contribution in [3.05, 3.63) is 23.9 Å². The minimum Gasteiger partial charge on any atom is -0.392 e. The minimum absolute atomic E-state index is 0.0306. The van der Waals surface area contributed by atoms with Crippen molar-refractivity contribution in [2.24, 2.45) is 0 Å². The summed E-state index contributed by atoms with van der Waals surface area (Å²) >= 11 is 0. The van der Waals surface area contributed by atoms with E-state index in [2.05, 4.69) is 4.98 Å². The van der Waals surface area contributed by atoms with Crippen LogP contribution in [0, 0.1) is 0 Å². The fraction of sp³-hybridized carbons (Fsp3) is 0.583. The van der Waals surface area contributed by atoms with Crippen LogP contribution in [0.1, 0.15) is 31.7 Å². The van der Waals surface area contributed by atoms with Gasteiger partial charge in [-0.3, -0.25) is 0 Å². The van der Waals surface area contributed by atoms with Gasteiger partial charge in [0.25, 0.3) is 10.0 Å². The molecule has 1 atom stereocenters. The van der Waals surface area contributed by atoms with Gasteiger partial charge >= 0.3 is 0 Å². The summed E-state index contributed by atoms with van der Waals surface area (Å²) in [5, 5.41) is 8.99. The summed E-state index contributed by atoms with van der Waals surface area (Å²) in [4.78, 5) is 3.94. The molecule has 2 rings (SSSR count). The van der Waals surface area contributed by atoms with Gasteiger partial charge in [-0.1, -0.05) is 12.5 Å². The highest BCUT2D eigenvalue weighted by molar-refractivity contribution is 7.89. The van der Waals surface area contributed by atoms with E-state index in [9.17, 15) is 8.42 Å². The SMILES string of the molecule is CC1CCCCN1S(=O)(=O)c1ccc(CO)cn1. The second-order valence-corrected chi connectivity index (χ2v) is 6.46. The summed E-state index contributed by atoms with van der Waals surface area (Å²) in [5.74, 6) is 0. The van der Waals surface area contributed by atoms with Crippen LogP contribution in [0.3, 0.4) is 0 Å². The van der Waals surface area contributed by atoms with Crippen LogP contribution in [0.25, 0.3) is 0 Å². The van der Waals surface area contributed by atoms with Crippen LogP contribution in [0.4, 0.5) is 0 Å². The number of hydrogen-bond donors (Lipinski definition) is 1. The van der Waals surface area contributed by atoms with E-state index in [1.165, 1.54) is 16.6 Å².